The van der Waals surface area contributed by atoms with Crippen LogP contribution in [0.15, 0.2) is 18.2 Å². The quantitative estimate of drug-likeness (QED) is 0.938. The maximum Gasteiger partial charge on any atom is 0.322 e. The van der Waals surface area contributed by atoms with E-state index in [-0.39, 0.29) is 17.2 Å². The Morgan fingerprint density at radius 1 is 1.17 bits per heavy atom. The molecule has 0 saturated carbocycles. The largest absolute Gasteiger partial charge is 0.467 e. The van der Waals surface area contributed by atoms with Gasteiger partial charge in [0.2, 0.25) is 11.2 Å². The second kappa shape index (κ2) is 5.37. The second-order valence-electron chi connectivity index (χ2n) is 3.52. The minimum atomic E-state index is 0.0492. The van der Waals surface area contributed by atoms with Crippen LogP contribution in [0.2, 0.25) is 10.3 Å². The third-order valence-electron chi connectivity index (χ3n) is 2.14. The lowest BCUT2D eigenvalue weighted by Gasteiger charge is -2.08. The summed E-state index contributed by atoms with van der Waals surface area (Å²) >= 11 is 11.8. The van der Waals surface area contributed by atoms with E-state index in [0.29, 0.717) is 10.7 Å². The number of ether oxygens (including phenoxy) is 1. The topological polar surface area (TPSA) is 59.9 Å². The standard InChI is InChI=1S/C11H10Cl2N4O/c1-6-3-4-7(12)8(5-6)14-10-15-9(13)16-11(17-10)18-2/h3-5H,1-2H3,(H,14,15,16,17). The Morgan fingerprint density at radius 3 is 2.67 bits per heavy atom. The van der Waals surface area contributed by atoms with Gasteiger partial charge in [0.25, 0.3) is 0 Å². The molecule has 0 unspecified atom stereocenters. The lowest BCUT2D eigenvalue weighted by molar-refractivity contribution is 0.379. The van der Waals surface area contributed by atoms with Crippen molar-refractivity contribution in [3.05, 3.63) is 34.1 Å². The van der Waals surface area contributed by atoms with E-state index < -0.39 is 0 Å². The molecule has 1 aromatic heterocycles. The summed E-state index contributed by atoms with van der Waals surface area (Å²) in [6.45, 7) is 1.96. The van der Waals surface area contributed by atoms with E-state index in [1.54, 1.807) is 6.07 Å². The number of nitrogens with zero attached hydrogens (tertiary/aromatic N) is 3. The number of aryl methyl sites for hydroxylation is 1. The van der Waals surface area contributed by atoms with Crippen LogP contribution in [-0.4, -0.2) is 22.1 Å². The predicted molar refractivity (Wildman–Crippen MR) is 70.9 cm³/mol. The minimum Gasteiger partial charge on any atom is -0.467 e. The van der Waals surface area contributed by atoms with Crippen molar-refractivity contribution in [3.8, 4) is 6.01 Å². The summed E-state index contributed by atoms with van der Waals surface area (Å²) < 4.78 is 4.91. The molecule has 0 radical (unpaired) electrons. The molecule has 94 valence electrons. The number of anilines is 2. The average Bonchev–Trinajstić information content (AvgIpc) is 2.33. The fourth-order valence-corrected chi connectivity index (χ4v) is 1.65. The van der Waals surface area contributed by atoms with Gasteiger partial charge in [0.15, 0.2) is 0 Å². The van der Waals surface area contributed by atoms with Crippen molar-refractivity contribution in [2.24, 2.45) is 0 Å². The molecule has 1 aromatic carbocycles. The molecule has 0 amide bonds. The van der Waals surface area contributed by atoms with Gasteiger partial charge in [0, 0.05) is 0 Å². The maximum absolute atomic E-state index is 6.06. The SMILES string of the molecule is COc1nc(Cl)nc(Nc2cc(C)ccc2Cl)n1. The van der Waals surface area contributed by atoms with Gasteiger partial charge < -0.3 is 10.1 Å². The maximum atomic E-state index is 6.06. The highest BCUT2D eigenvalue weighted by Gasteiger charge is 2.07. The Balaban J connectivity index is 2.33. The number of rotatable bonds is 3. The van der Waals surface area contributed by atoms with Crippen LogP contribution in [0.4, 0.5) is 11.6 Å². The molecule has 0 aliphatic heterocycles. The number of hydrogen-bond donors (Lipinski definition) is 1. The van der Waals surface area contributed by atoms with E-state index in [4.69, 9.17) is 27.9 Å². The van der Waals surface area contributed by atoms with Gasteiger partial charge in [-0.05, 0) is 36.2 Å². The zero-order valence-corrected chi connectivity index (χ0v) is 11.2. The van der Waals surface area contributed by atoms with Gasteiger partial charge >= 0.3 is 6.01 Å². The summed E-state index contributed by atoms with van der Waals surface area (Å²) in [6.07, 6.45) is 0. The van der Waals surface area contributed by atoms with E-state index >= 15 is 0 Å². The first kappa shape index (κ1) is 12.9. The van der Waals surface area contributed by atoms with Crippen LogP contribution >= 0.6 is 23.2 Å². The van der Waals surface area contributed by atoms with E-state index in [1.807, 2.05) is 19.1 Å². The Hall–Kier alpha value is -1.59. The van der Waals surface area contributed by atoms with Crippen molar-refractivity contribution in [2.45, 2.75) is 6.92 Å². The molecule has 0 aliphatic rings. The summed E-state index contributed by atoms with van der Waals surface area (Å²) in [5.41, 5.74) is 1.76. The van der Waals surface area contributed by atoms with Gasteiger partial charge in [0.05, 0.1) is 17.8 Å². The Labute approximate surface area is 114 Å². The van der Waals surface area contributed by atoms with Crippen LogP contribution in [0.1, 0.15) is 5.56 Å². The molecule has 2 rings (SSSR count). The smallest absolute Gasteiger partial charge is 0.322 e. The van der Waals surface area contributed by atoms with E-state index in [0.717, 1.165) is 5.56 Å². The molecule has 1 heterocycles. The number of nitrogens with one attached hydrogen (secondary N) is 1. The Bertz CT molecular complexity index is 577. The molecule has 0 fully saturated rings. The zero-order chi connectivity index (χ0) is 13.1. The normalized spacial score (nSPS) is 10.2. The molecule has 5 nitrogen and oxygen atoms in total. The van der Waals surface area contributed by atoms with Crippen LogP contribution < -0.4 is 10.1 Å². The van der Waals surface area contributed by atoms with Crippen molar-refractivity contribution in [2.75, 3.05) is 12.4 Å². The molecule has 1 N–H and O–H groups in total. The second-order valence-corrected chi connectivity index (χ2v) is 4.27. The highest BCUT2D eigenvalue weighted by atomic mass is 35.5. The molecule has 0 saturated heterocycles. The third kappa shape index (κ3) is 3.00. The van der Waals surface area contributed by atoms with Gasteiger partial charge in [-0.2, -0.15) is 15.0 Å². The van der Waals surface area contributed by atoms with Crippen LogP contribution in [0, 0.1) is 6.92 Å². The van der Waals surface area contributed by atoms with Gasteiger partial charge in [0.1, 0.15) is 0 Å². The molecule has 7 heteroatoms. The van der Waals surface area contributed by atoms with E-state index in [1.165, 1.54) is 7.11 Å². The number of methoxy groups -OCH3 is 1. The number of hydrogen-bond acceptors (Lipinski definition) is 5. The van der Waals surface area contributed by atoms with Crippen LogP contribution in [0.5, 0.6) is 6.01 Å². The van der Waals surface area contributed by atoms with Gasteiger partial charge in [-0.25, -0.2) is 0 Å². The van der Waals surface area contributed by atoms with Gasteiger partial charge in [-0.3, -0.25) is 0 Å². The number of benzene rings is 1. The van der Waals surface area contributed by atoms with Crippen molar-refractivity contribution in [1.29, 1.82) is 0 Å². The average molecular weight is 285 g/mol. The van der Waals surface area contributed by atoms with Crippen LogP contribution in [0.3, 0.4) is 0 Å². The molecule has 0 atom stereocenters. The van der Waals surface area contributed by atoms with Gasteiger partial charge in [-0.15, -0.1) is 0 Å². The summed E-state index contributed by atoms with van der Waals surface area (Å²) in [7, 11) is 1.45. The molecular formula is C11H10Cl2N4O. The van der Waals surface area contributed by atoms with Crippen LogP contribution in [0.25, 0.3) is 0 Å². The van der Waals surface area contributed by atoms with Crippen molar-refractivity contribution in [3.63, 3.8) is 0 Å². The molecular weight excluding hydrogens is 275 g/mol. The molecule has 0 bridgehead atoms. The monoisotopic (exact) mass is 284 g/mol. The molecule has 18 heavy (non-hydrogen) atoms. The molecule has 2 aromatic rings. The first-order valence-electron chi connectivity index (χ1n) is 5.07. The number of aromatic nitrogens is 3. The fraction of sp³-hybridized carbons (Fsp3) is 0.182. The zero-order valence-electron chi connectivity index (χ0n) is 9.74. The van der Waals surface area contributed by atoms with Gasteiger partial charge in [-0.1, -0.05) is 17.7 Å². The first-order chi connectivity index (χ1) is 8.58. The fourth-order valence-electron chi connectivity index (χ4n) is 1.33. The number of halogens is 2. The molecule has 0 aliphatic carbocycles. The summed E-state index contributed by atoms with van der Waals surface area (Å²) in [5, 5.41) is 3.58. The summed E-state index contributed by atoms with van der Waals surface area (Å²) in [6, 6.07) is 5.72. The van der Waals surface area contributed by atoms with Crippen LogP contribution in [-0.2, 0) is 0 Å². The Kier molecular flexibility index (Phi) is 3.84. The predicted octanol–water partition coefficient (Wildman–Crippen LogP) is 3.24. The third-order valence-corrected chi connectivity index (χ3v) is 2.64. The van der Waals surface area contributed by atoms with Crippen molar-refractivity contribution >= 4 is 34.8 Å². The highest BCUT2D eigenvalue weighted by Crippen LogP contribution is 2.25. The highest BCUT2D eigenvalue weighted by molar-refractivity contribution is 6.33. The lowest BCUT2D eigenvalue weighted by Crippen LogP contribution is -2.02. The minimum absolute atomic E-state index is 0.0492. The lowest BCUT2D eigenvalue weighted by atomic mass is 10.2. The van der Waals surface area contributed by atoms with E-state index in [2.05, 4.69) is 20.3 Å². The van der Waals surface area contributed by atoms with Crippen molar-refractivity contribution in [1.82, 2.24) is 15.0 Å². The summed E-state index contributed by atoms with van der Waals surface area (Å²) in [5.74, 6) is 0.277. The molecule has 0 spiro atoms. The van der Waals surface area contributed by atoms with E-state index in [9.17, 15) is 0 Å². The summed E-state index contributed by atoms with van der Waals surface area (Å²) in [4.78, 5) is 11.7. The first-order valence-corrected chi connectivity index (χ1v) is 5.83. The van der Waals surface area contributed by atoms with Crippen molar-refractivity contribution < 1.29 is 4.74 Å². The Morgan fingerprint density at radius 2 is 1.94 bits per heavy atom.